The minimum Gasteiger partial charge on any atom is -0.0616 e. The Bertz CT molecular complexity index is 411. The van der Waals surface area contributed by atoms with Crippen LogP contribution < -0.4 is 0 Å². The van der Waals surface area contributed by atoms with E-state index in [2.05, 4.69) is 48.5 Å². The third-order valence-electron chi connectivity index (χ3n) is 1.66. The zero-order valence-corrected chi connectivity index (χ0v) is 9.21. The van der Waals surface area contributed by atoms with Crippen LogP contribution in [0.15, 0.2) is 48.5 Å². The molecule has 5 N–H and O–H groups in total. The van der Waals surface area contributed by atoms with E-state index in [0.717, 1.165) is 0 Å². The van der Waals surface area contributed by atoms with Crippen molar-refractivity contribution in [2.45, 2.75) is 0 Å². The SMILES string of the molecule is O.O=P(O)(O)O.[NaH].c1ccc2ccccc2c1. The molecule has 0 aliphatic carbocycles. The Hall–Kier alpha value is -0.230. The third-order valence-corrected chi connectivity index (χ3v) is 1.66. The molecule has 7 heteroatoms. The van der Waals surface area contributed by atoms with Gasteiger partial charge in [-0.15, -0.1) is 0 Å². The maximum Gasteiger partial charge on any atom is -0.0184 e. The second-order valence-corrected chi connectivity index (χ2v) is 3.89. The molecule has 2 aromatic rings. The first kappa shape index (κ1) is 19.1. The summed E-state index contributed by atoms with van der Waals surface area (Å²) in [6.45, 7) is 0. The van der Waals surface area contributed by atoms with Crippen LogP contribution in [0.2, 0.25) is 0 Å². The van der Waals surface area contributed by atoms with Gasteiger partial charge >= 0.3 is 37.4 Å². The van der Waals surface area contributed by atoms with Crippen LogP contribution in [0.1, 0.15) is 0 Å². The molecule has 0 fully saturated rings. The first-order chi connectivity index (χ1) is 6.97. The quantitative estimate of drug-likeness (QED) is 0.475. The van der Waals surface area contributed by atoms with E-state index in [4.69, 9.17) is 19.2 Å². The number of phosphoric acid groups is 1. The number of rotatable bonds is 0. The molecule has 0 heterocycles. The van der Waals surface area contributed by atoms with Crippen molar-refractivity contribution in [3.63, 3.8) is 0 Å². The van der Waals surface area contributed by atoms with Gasteiger partial charge in [-0.2, -0.15) is 0 Å². The van der Waals surface area contributed by atoms with E-state index in [1.165, 1.54) is 10.8 Å². The third kappa shape index (κ3) is 9.47. The normalized spacial score (nSPS) is 9.35. The standard InChI is InChI=1S/C10H8.Na.H3O4P.H2O.H/c1-2-6-10-8-4-3-7-9(10)5-1;;1-5(2,3)4;;/h1-8H;;(H3,1,2,3,4);1H2;. The molecule has 90 valence electrons. The van der Waals surface area contributed by atoms with Gasteiger partial charge in [-0.05, 0) is 10.8 Å². The van der Waals surface area contributed by atoms with Crippen LogP contribution >= 0.6 is 7.82 Å². The molecule has 17 heavy (non-hydrogen) atoms. The van der Waals surface area contributed by atoms with E-state index in [1.807, 2.05) is 0 Å². The van der Waals surface area contributed by atoms with Gasteiger partial charge in [-0.1, -0.05) is 48.5 Å². The van der Waals surface area contributed by atoms with Gasteiger partial charge < -0.3 is 20.2 Å². The zero-order chi connectivity index (χ0) is 11.3. The Morgan fingerprint density at radius 2 is 0.941 bits per heavy atom. The van der Waals surface area contributed by atoms with Crippen LogP contribution in [-0.4, -0.2) is 49.7 Å². The molecule has 0 saturated carbocycles. The summed E-state index contributed by atoms with van der Waals surface area (Å²) in [5.41, 5.74) is 0. The van der Waals surface area contributed by atoms with E-state index < -0.39 is 7.82 Å². The van der Waals surface area contributed by atoms with Crippen molar-refractivity contribution < 1.29 is 24.7 Å². The Morgan fingerprint density at radius 3 is 1.12 bits per heavy atom. The fourth-order valence-corrected chi connectivity index (χ4v) is 1.13. The molecule has 0 unspecified atom stereocenters. The van der Waals surface area contributed by atoms with Gasteiger partial charge in [0.25, 0.3) is 0 Å². The summed E-state index contributed by atoms with van der Waals surface area (Å²) < 4.78 is 8.88. The molecule has 0 atom stereocenters. The van der Waals surface area contributed by atoms with Crippen molar-refractivity contribution in [2.75, 3.05) is 0 Å². The molecule has 2 rings (SSSR count). The van der Waals surface area contributed by atoms with Gasteiger partial charge in [-0.3, -0.25) is 0 Å². The van der Waals surface area contributed by atoms with Crippen molar-refractivity contribution in [3.8, 4) is 0 Å². The van der Waals surface area contributed by atoms with Crippen LogP contribution in [0.3, 0.4) is 0 Å². The van der Waals surface area contributed by atoms with E-state index in [-0.39, 0.29) is 35.0 Å². The van der Waals surface area contributed by atoms with Gasteiger partial charge in [0.05, 0.1) is 0 Å². The van der Waals surface area contributed by atoms with Gasteiger partial charge in [0, 0.05) is 0 Å². The van der Waals surface area contributed by atoms with Crippen molar-refractivity contribution in [3.05, 3.63) is 48.5 Å². The summed E-state index contributed by atoms with van der Waals surface area (Å²) >= 11 is 0. The fraction of sp³-hybridized carbons (Fsp3) is 0. The molecule has 0 spiro atoms. The average molecular weight is 268 g/mol. The molecule has 0 radical (unpaired) electrons. The van der Waals surface area contributed by atoms with E-state index in [1.54, 1.807) is 0 Å². The number of hydrogen-bond donors (Lipinski definition) is 3. The van der Waals surface area contributed by atoms with Crippen molar-refractivity contribution in [1.29, 1.82) is 0 Å². The van der Waals surface area contributed by atoms with Crippen LogP contribution in [-0.2, 0) is 4.57 Å². The molecule has 5 nitrogen and oxygen atoms in total. The first-order valence-corrected chi connectivity index (χ1v) is 5.75. The minimum atomic E-state index is -4.64. The molecule has 0 amide bonds. The maximum atomic E-state index is 8.88. The largest absolute Gasteiger partial charge is 0.0616 e. The van der Waals surface area contributed by atoms with Gasteiger partial charge in [0.15, 0.2) is 0 Å². The predicted molar refractivity (Wildman–Crippen MR) is 69.0 cm³/mol. The summed E-state index contributed by atoms with van der Waals surface area (Å²) in [5.74, 6) is 0. The molecular weight excluding hydrogens is 254 g/mol. The summed E-state index contributed by atoms with van der Waals surface area (Å²) in [7, 11) is -4.64. The summed E-state index contributed by atoms with van der Waals surface area (Å²) in [4.78, 5) is 21.6. The Kier molecular flexibility index (Phi) is 9.90. The molecular formula is C10H14NaO5P. The average Bonchev–Trinajstić information content (AvgIpc) is 2.16. The van der Waals surface area contributed by atoms with Crippen molar-refractivity contribution in [1.82, 2.24) is 0 Å². The van der Waals surface area contributed by atoms with Crippen molar-refractivity contribution in [2.24, 2.45) is 0 Å². The predicted octanol–water partition coefficient (Wildman–Crippen LogP) is 0.438. The number of hydrogen-bond acceptors (Lipinski definition) is 1. The molecule has 0 aliphatic heterocycles. The summed E-state index contributed by atoms with van der Waals surface area (Å²) in [6.07, 6.45) is 0. The van der Waals surface area contributed by atoms with Gasteiger partial charge in [0.1, 0.15) is 0 Å². The molecule has 2 aromatic carbocycles. The van der Waals surface area contributed by atoms with Crippen LogP contribution in [0.4, 0.5) is 0 Å². The minimum absolute atomic E-state index is 0. The second kappa shape index (κ2) is 8.80. The zero-order valence-electron chi connectivity index (χ0n) is 8.32. The summed E-state index contributed by atoms with van der Waals surface area (Å²) in [5, 5.41) is 2.62. The first-order valence-electron chi connectivity index (χ1n) is 4.19. The van der Waals surface area contributed by atoms with Crippen LogP contribution in [0, 0.1) is 0 Å². The van der Waals surface area contributed by atoms with Crippen molar-refractivity contribution >= 4 is 48.2 Å². The second-order valence-electron chi connectivity index (χ2n) is 2.86. The van der Waals surface area contributed by atoms with E-state index in [9.17, 15) is 0 Å². The Labute approximate surface area is 121 Å². The van der Waals surface area contributed by atoms with E-state index in [0.29, 0.717) is 0 Å². The molecule has 0 aliphatic rings. The van der Waals surface area contributed by atoms with Gasteiger partial charge in [0.2, 0.25) is 0 Å². The molecule has 0 aromatic heterocycles. The maximum absolute atomic E-state index is 8.88. The van der Waals surface area contributed by atoms with Crippen LogP contribution in [0.25, 0.3) is 10.8 Å². The Balaban J connectivity index is 0. The fourth-order valence-electron chi connectivity index (χ4n) is 1.13. The number of benzene rings is 2. The number of fused-ring (bicyclic) bond motifs is 1. The van der Waals surface area contributed by atoms with E-state index >= 15 is 0 Å². The summed E-state index contributed by atoms with van der Waals surface area (Å²) in [6, 6.07) is 16.7. The molecule has 0 bridgehead atoms. The topological polar surface area (TPSA) is 109 Å². The monoisotopic (exact) mass is 268 g/mol. The Morgan fingerprint density at radius 1 is 0.765 bits per heavy atom. The van der Waals surface area contributed by atoms with Crippen LogP contribution in [0.5, 0.6) is 0 Å². The molecule has 0 saturated heterocycles. The van der Waals surface area contributed by atoms with Gasteiger partial charge in [-0.25, -0.2) is 4.57 Å². The smallest absolute Gasteiger partial charge is 0.0184 e.